The fourth-order valence-corrected chi connectivity index (χ4v) is 8.29. The first-order chi connectivity index (χ1) is 9.42. The molecule has 0 N–H and O–H groups in total. The second-order valence-electron chi connectivity index (χ2n) is 6.56. The second-order valence-corrected chi connectivity index (χ2v) is 9.39. The van der Waals surface area contributed by atoms with Gasteiger partial charge in [0.1, 0.15) is 0 Å². The second kappa shape index (κ2) is 5.22. The van der Waals surface area contributed by atoms with Crippen LogP contribution < -0.4 is 0 Å². The molecule has 0 heterocycles. The SMILES string of the molecule is C1=CC2CC[CH]([Ti][CH]3CCC4C=CC=CC43)C2C=C1. The molecule has 4 rings (SSSR count). The van der Waals surface area contributed by atoms with E-state index in [1.54, 1.807) is 0 Å². The zero-order chi connectivity index (χ0) is 12.7. The first kappa shape index (κ1) is 12.4. The van der Waals surface area contributed by atoms with Crippen molar-refractivity contribution in [1.29, 1.82) is 0 Å². The Morgan fingerprint density at radius 1 is 0.579 bits per heavy atom. The molecule has 0 bridgehead atoms. The summed E-state index contributed by atoms with van der Waals surface area (Å²) in [5, 5.41) is 0. The molecule has 0 aromatic heterocycles. The van der Waals surface area contributed by atoms with Crippen LogP contribution in [-0.2, 0) is 19.2 Å². The summed E-state index contributed by atoms with van der Waals surface area (Å²) in [6, 6.07) is 0. The Kier molecular flexibility index (Phi) is 3.41. The van der Waals surface area contributed by atoms with Crippen LogP contribution in [-0.4, -0.2) is 0 Å². The van der Waals surface area contributed by atoms with Crippen LogP contribution in [0.2, 0.25) is 8.45 Å². The number of hydrogen-bond acceptors (Lipinski definition) is 0. The average Bonchev–Trinajstić information content (AvgIpc) is 3.05. The maximum atomic E-state index is 2.52. The molecule has 0 nitrogen and oxygen atoms in total. The maximum absolute atomic E-state index is 2.52. The minimum atomic E-state index is 0.203. The van der Waals surface area contributed by atoms with Crippen molar-refractivity contribution in [3.8, 4) is 0 Å². The fourth-order valence-electron chi connectivity index (χ4n) is 4.58. The van der Waals surface area contributed by atoms with Gasteiger partial charge in [-0.15, -0.1) is 0 Å². The van der Waals surface area contributed by atoms with Crippen molar-refractivity contribution < 1.29 is 19.2 Å². The van der Waals surface area contributed by atoms with E-state index in [-0.39, 0.29) is 19.2 Å². The van der Waals surface area contributed by atoms with E-state index in [0.717, 1.165) is 32.1 Å². The van der Waals surface area contributed by atoms with Crippen LogP contribution in [0.15, 0.2) is 48.6 Å². The van der Waals surface area contributed by atoms with E-state index >= 15 is 0 Å². The Labute approximate surface area is 125 Å². The summed E-state index contributed by atoms with van der Waals surface area (Å²) >= 11 is 0.203. The van der Waals surface area contributed by atoms with Gasteiger partial charge >= 0.3 is 126 Å². The Balaban J connectivity index is 1.45. The Bertz CT molecular complexity index is 414. The number of hydrogen-bond donors (Lipinski definition) is 0. The first-order valence-corrected chi connectivity index (χ1v) is 9.68. The average molecular weight is 286 g/mol. The van der Waals surface area contributed by atoms with E-state index in [4.69, 9.17) is 0 Å². The van der Waals surface area contributed by atoms with Crippen LogP contribution in [0, 0.1) is 23.7 Å². The third-order valence-electron chi connectivity index (χ3n) is 5.57. The summed E-state index contributed by atoms with van der Waals surface area (Å²) in [7, 11) is 0. The van der Waals surface area contributed by atoms with Gasteiger partial charge in [-0.25, -0.2) is 0 Å². The van der Waals surface area contributed by atoms with Gasteiger partial charge < -0.3 is 0 Å². The quantitative estimate of drug-likeness (QED) is 0.630. The van der Waals surface area contributed by atoms with E-state index in [1.165, 1.54) is 25.7 Å². The molecule has 0 amide bonds. The molecule has 2 fully saturated rings. The van der Waals surface area contributed by atoms with Crippen LogP contribution in [0.4, 0.5) is 0 Å². The van der Waals surface area contributed by atoms with Gasteiger partial charge in [0.2, 0.25) is 0 Å². The molecule has 19 heavy (non-hydrogen) atoms. The fraction of sp³-hybridized carbons (Fsp3) is 0.556. The van der Waals surface area contributed by atoms with E-state index < -0.39 is 0 Å². The molecule has 0 radical (unpaired) electrons. The molecule has 1 heteroatoms. The molecule has 0 aromatic rings. The molecule has 6 unspecified atom stereocenters. The standard InChI is InChI=1S/2C9H11.Ti/c2*1-2-5-9-7-3-6-8(9)4-1;/h2*1-2,4-6,8-9H,3,7H2;. The molecular formula is C18H22Ti. The molecule has 0 spiro atoms. The molecule has 6 atom stereocenters. The Morgan fingerprint density at radius 2 is 1.05 bits per heavy atom. The van der Waals surface area contributed by atoms with Crippen molar-refractivity contribution in [3.63, 3.8) is 0 Å². The van der Waals surface area contributed by atoms with Gasteiger partial charge in [-0.3, -0.25) is 0 Å². The topological polar surface area (TPSA) is 0 Å². The molecule has 0 saturated heterocycles. The van der Waals surface area contributed by atoms with Crippen molar-refractivity contribution in [2.45, 2.75) is 34.1 Å². The van der Waals surface area contributed by atoms with Crippen LogP contribution in [0.3, 0.4) is 0 Å². The summed E-state index contributed by atoms with van der Waals surface area (Å²) < 4.78 is 2.16. The summed E-state index contributed by atoms with van der Waals surface area (Å²) in [6.45, 7) is 0. The van der Waals surface area contributed by atoms with Gasteiger partial charge in [-0.2, -0.15) is 0 Å². The molecule has 2 saturated carbocycles. The van der Waals surface area contributed by atoms with E-state index in [0.29, 0.717) is 0 Å². The molecule has 0 aromatic carbocycles. The van der Waals surface area contributed by atoms with Gasteiger partial charge in [0.05, 0.1) is 0 Å². The minimum absolute atomic E-state index is 0.203. The predicted octanol–water partition coefficient (Wildman–Crippen LogP) is 4.95. The summed E-state index contributed by atoms with van der Waals surface area (Å²) in [5.41, 5.74) is 0. The molecule has 4 aliphatic carbocycles. The van der Waals surface area contributed by atoms with Crippen molar-refractivity contribution in [1.82, 2.24) is 0 Å². The van der Waals surface area contributed by atoms with Crippen molar-refractivity contribution in [2.24, 2.45) is 23.7 Å². The third-order valence-corrected chi connectivity index (χ3v) is 9.01. The van der Waals surface area contributed by atoms with E-state index in [9.17, 15) is 0 Å². The number of allylic oxidation sites excluding steroid dienone is 8. The van der Waals surface area contributed by atoms with Gasteiger partial charge in [0, 0.05) is 0 Å². The van der Waals surface area contributed by atoms with Crippen LogP contribution in [0.1, 0.15) is 25.7 Å². The summed E-state index contributed by atoms with van der Waals surface area (Å²) in [6.07, 6.45) is 25.0. The van der Waals surface area contributed by atoms with Crippen molar-refractivity contribution in [2.75, 3.05) is 0 Å². The van der Waals surface area contributed by atoms with Crippen molar-refractivity contribution >= 4 is 0 Å². The van der Waals surface area contributed by atoms with Crippen LogP contribution >= 0.6 is 0 Å². The van der Waals surface area contributed by atoms with Gasteiger partial charge in [0.25, 0.3) is 0 Å². The molecular weight excluding hydrogens is 264 g/mol. The summed E-state index contributed by atoms with van der Waals surface area (Å²) in [4.78, 5) is 0. The van der Waals surface area contributed by atoms with Gasteiger partial charge in [-0.1, -0.05) is 0 Å². The number of rotatable bonds is 2. The normalized spacial score (nSPS) is 46.3. The molecule has 4 aliphatic rings. The van der Waals surface area contributed by atoms with E-state index in [1.807, 2.05) is 0 Å². The van der Waals surface area contributed by atoms with Gasteiger partial charge in [-0.05, 0) is 0 Å². The molecule has 0 aliphatic heterocycles. The van der Waals surface area contributed by atoms with Crippen LogP contribution in [0.5, 0.6) is 0 Å². The number of fused-ring (bicyclic) bond motifs is 2. The van der Waals surface area contributed by atoms with Crippen molar-refractivity contribution in [3.05, 3.63) is 48.6 Å². The molecule has 98 valence electrons. The Morgan fingerprint density at radius 3 is 1.58 bits per heavy atom. The van der Waals surface area contributed by atoms with Crippen LogP contribution in [0.25, 0.3) is 0 Å². The zero-order valence-corrected chi connectivity index (χ0v) is 13.0. The van der Waals surface area contributed by atoms with Gasteiger partial charge in [0.15, 0.2) is 0 Å². The predicted molar refractivity (Wildman–Crippen MR) is 76.5 cm³/mol. The monoisotopic (exact) mass is 286 g/mol. The first-order valence-electron chi connectivity index (χ1n) is 7.88. The Hall–Kier alpha value is -0.326. The summed E-state index contributed by atoms with van der Waals surface area (Å²) in [5.74, 6) is 3.59. The zero-order valence-electron chi connectivity index (χ0n) is 11.4. The third kappa shape index (κ3) is 2.28. The van der Waals surface area contributed by atoms with E-state index in [2.05, 4.69) is 48.6 Å².